The Labute approximate surface area is 147 Å². The molecule has 5 nitrogen and oxygen atoms in total. The summed E-state index contributed by atoms with van der Waals surface area (Å²) in [5.74, 6) is -0.0219. The molecule has 0 amide bonds. The van der Waals surface area contributed by atoms with E-state index in [1.54, 1.807) is 45.0 Å². The zero-order valence-corrected chi connectivity index (χ0v) is 14.7. The van der Waals surface area contributed by atoms with Crippen molar-refractivity contribution in [1.82, 2.24) is 0 Å². The number of benzene rings is 2. The van der Waals surface area contributed by atoms with Crippen LogP contribution in [0.5, 0.6) is 0 Å². The summed E-state index contributed by atoms with van der Waals surface area (Å²) < 4.78 is 4.94. The molecule has 5 heteroatoms. The smallest absolute Gasteiger partial charge is 0.432 e. The fourth-order valence-corrected chi connectivity index (χ4v) is 2.01. The molecular formula is C20H22O5. The maximum atomic E-state index is 12.3. The van der Waals surface area contributed by atoms with Gasteiger partial charge in [-0.2, -0.15) is 4.89 Å². The van der Waals surface area contributed by atoms with E-state index in [0.717, 1.165) is 5.56 Å². The molecule has 0 heterocycles. The lowest BCUT2D eigenvalue weighted by Gasteiger charge is -2.16. The first kappa shape index (κ1) is 18.7. The third-order valence-electron chi connectivity index (χ3n) is 3.22. The van der Waals surface area contributed by atoms with Crippen molar-refractivity contribution >= 4 is 11.9 Å². The van der Waals surface area contributed by atoms with Crippen molar-refractivity contribution in [2.45, 2.75) is 32.8 Å². The van der Waals surface area contributed by atoms with Crippen molar-refractivity contribution in [3.05, 3.63) is 71.3 Å². The van der Waals surface area contributed by atoms with Crippen LogP contribution in [-0.4, -0.2) is 24.1 Å². The summed E-state index contributed by atoms with van der Waals surface area (Å²) >= 11 is 0. The third-order valence-corrected chi connectivity index (χ3v) is 3.22. The fourth-order valence-electron chi connectivity index (χ4n) is 2.01. The van der Waals surface area contributed by atoms with E-state index in [0.29, 0.717) is 17.5 Å². The van der Waals surface area contributed by atoms with E-state index in [9.17, 15) is 9.59 Å². The molecule has 0 fully saturated rings. The zero-order valence-electron chi connectivity index (χ0n) is 14.7. The lowest BCUT2D eigenvalue weighted by molar-refractivity contribution is -0.311. The van der Waals surface area contributed by atoms with Crippen LogP contribution >= 0.6 is 0 Å². The summed E-state index contributed by atoms with van der Waals surface area (Å²) in [7, 11) is 0. The fraction of sp³-hybridized carbons (Fsp3) is 0.300. The Bertz CT molecular complexity index is 699. The van der Waals surface area contributed by atoms with E-state index in [-0.39, 0.29) is 12.4 Å². The molecule has 0 spiro atoms. The van der Waals surface area contributed by atoms with Crippen LogP contribution in [0.3, 0.4) is 0 Å². The Balaban J connectivity index is 1.81. The number of hydrogen-bond donors (Lipinski definition) is 0. The quantitative estimate of drug-likeness (QED) is 0.338. The molecule has 0 atom stereocenters. The highest BCUT2D eigenvalue weighted by Gasteiger charge is 2.16. The SMILES string of the molecule is CC(C)(C)OOC(=O)OCCc1ccc(C(=O)c2ccccc2)cc1. The van der Waals surface area contributed by atoms with Crippen molar-refractivity contribution in [1.29, 1.82) is 0 Å². The number of ether oxygens (including phenoxy) is 1. The summed E-state index contributed by atoms with van der Waals surface area (Å²) in [4.78, 5) is 33.1. The average Bonchev–Trinajstić information content (AvgIpc) is 2.60. The van der Waals surface area contributed by atoms with Gasteiger partial charge in [-0.1, -0.05) is 54.6 Å². The van der Waals surface area contributed by atoms with Gasteiger partial charge in [-0.15, -0.1) is 0 Å². The molecule has 0 unspecified atom stereocenters. The second kappa shape index (κ2) is 8.44. The van der Waals surface area contributed by atoms with Gasteiger partial charge in [-0.05, 0) is 26.3 Å². The zero-order chi connectivity index (χ0) is 18.3. The largest absolute Gasteiger partial charge is 0.540 e. The topological polar surface area (TPSA) is 61.8 Å². The standard InChI is InChI=1S/C20H22O5/c1-20(2,3)25-24-19(22)23-14-13-15-9-11-17(12-10-15)18(21)16-7-5-4-6-8-16/h4-12H,13-14H2,1-3H3. The molecule has 0 aromatic heterocycles. The Morgan fingerprint density at radius 2 is 1.48 bits per heavy atom. The van der Waals surface area contributed by atoms with E-state index >= 15 is 0 Å². The number of rotatable bonds is 6. The van der Waals surface area contributed by atoms with Crippen molar-refractivity contribution in [2.24, 2.45) is 0 Å². The van der Waals surface area contributed by atoms with Crippen LogP contribution in [0.25, 0.3) is 0 Å². The minimum Gasteiger partial charge on any atom is -0.432 e. The van der Waals surface area contributed by atoms with E-state index in [1.807, 2.05) is 30.3 Å². The van der Waals surface area contributed by atoms with Crippen molar-refractivity contribution in [2.75, 3.05) is 6.61 Å². The summed E-state index contributed by atoms with van der Waals surface area (Å²) in [6.07, 6.45) is -0.351. The highest BCUT2D eigenvalue weighted by Crippen LogP contribution is 2.12. The minimum atomic E-state index is -0.870. The van der Waals surface area contributed by atoms with E-state index in [2.05, 4.69) is 4.89 Å². The van der Waals surface area contributed by atoms with Crippen LogP contribution in [0.2, 0.25) is 0 Å². The minimum absolute atomic E-state index is 0.0219. The molecule has 0 saturated heterocycles. The van der Waals surface area contributed by atoms with Gasteiger partial charge in [0, 0.05) is 17.5 Å². The van der Waals surface area contributed by atoms with Crippen molar-refractivity contribution in [3.63, 3.8) is 0 Å². The number of carbonyl (C=O) groups excluding carboxylic acids is 2. The van der Waals surface area contributed by atoms with Gasteiger partial charge in [-0.3, -0.25) is 9.68 Å². The second-order valence-corrected chi connectivity index (χ2v) is 6.52. The first-order valence-corrected chi connectivity index (χ1v) is 8.06. The molecule has 132 valence electrons. The van der Waals surface area contributed by atoms with Gasteiger partial charge >= 0.3 is 6.16 Å². The average molecular weight is 342 g/mol. The number of hydrogen-bond acceptors (Lipinski definition) is 5. The number of ketones is 1. The summed E-state index contributed by atoms with van der Waals surface area (Å²) in [6, 6.07) is 16.3. The van der Waals surface area contributed by atoms with E-state index in [4.69, 9.17) is 9.62 Å². The van der Waals surface area contributed by atoms with Gasteiger partial charge in [0.1, 0.15) is 5.60 Å². The van der Waals surface area contributed by atoms with Crippen LogP contribution in [0, 0.1) is 0 Å². The van der Waals surface area contributed by atoms with E-state index in [1.165, 1.54) is 0 Å². The summed E-state index contributed by atoms with van der Waals surface area (Å²) in [5.41, 5.74) is 1.64. The first-order valence-electron chi connectivity index (χ1n) is 8.06. The van der Waals surface area contributed by atoms with Crippen LogP contribution < -0.4 is 0 Å². The summed E-state index contributed by atoms with van der Waals surface area (Å²) in [5, 5.41) is 0. The number of carbonyl (C=O) groups is 2. The van der Waals surface area contributed by atoms with Gasteiger partial charge in [-0.25, -0.2) is 4.79 Å². The molecule has 0 N–H and O–H groups in total. The Kier molecular flexibility index (Phi) is 6.31. The normalized spacial score (nSPS) is 11.0. The third kappa shape index (κ3) is 6.39. The molecule has 0 bridgehead atoms. The highest BCUT2D eigenvalue weighted by atomic mass is 17.2. The predicted molar refractivity (Wildman–Crippen MR) is 93.3 cm³/mol. The van der Waals surface area contributed by atoms with Crippen molar-refractivity contribution in [3.8, 4) is 0 Å². The van der Waals surface area contributed by atoms with Gasteiger partial charge in [0.15, 0.2) is 5.78 Å². The monoisotopic (exact) mass is 342 g/mol. The molecule has 0 radical (unpaired) electrons. The van der Waals surface area contributed by atoms with Gasteiger partial charge in [0.2, 0.25) is 0 Å². The van der Waals surface area contributed by atoms with Crippen LogP contribution in [0.4, 0.5) is 4.79 Å². The molecule has 0 aliphatic carbocycles. The maximum absolute atomic E-state index is 12.3. The molecule has 0 aliphatic rings. The van der Waals surface area contributed by atoms with Crippen LogP contribution in [0.15, 0.2) is 54.6 Å². The second-order valence-electron chi connectivity index (χ2n) is 6.52. The van der Waals surface area contributed by atoms with Gasteiger partial charge in [0.05, 0.1) is 6.61 Å². The summed E-state index contributed by atoms with van der Waals surface area (Å²) in [6.45, 7) is 5.45. The molecular weight excluding hydrogens is 320 g/mol. The Morgan fingerprint density at radius 3 is 2.08 bits per heavy atom. The van der Waals surface area contributed by atoms with Crippen LogP contribution in [0.1, 0.15) is 42.3 Å². The maximum Gasteiger partial charge on any atom is 0.540 e. The molecule has 2 rings (SSSR count). The van der Waals surface area contributed by atoms with E-state index < -0.39 is 11.8 Å². The molecule has 0 saturated carbocycles. The van der Waals surface area contributed by atoms with Gasteiger partial charge < -0.3 is 4.74 Å². The molecule has 0 aliphatic heterocycles. The Hall–Kier alpha value is -2.66. The lowest BCUT2D eigenvalue weighted by atomic mass is 10.0. The Morgan fingerprint density at radius 1 is 0.880 bits per heavy atom. The predicted octanol–water partition coefficient (Wildman–Crippen LogP) is 4.34. The van der Waals surface area contributed by atoms with Gasteiger partial charge in [0.25, 0.3) is 0 Å². The molecule has 25 heavy (non-hydrogen) atoms. The van der Waals surface area contributed by atoms with Crippen LogP contribution in [-0.2, 0) is 20.9 Å². The van der Waals surface area contributed by atoms with Crippen molar-refractivity contribution < 1.29 is 24.1 Å². The molecule has 2 aromatic carbocycles. The lowest BCUT2D eigenvalue weighted by Crippen LogP contribution is -2.22. The highest BCUT2D eigenvalue weighted by molar-refractivity contribution is 6.08. The first-order chi connectivity index (χ1) is 11.8. The molecule has 2 aromatic rings.